The summed E-state index contributed by atoms with van der Waals surface area (Å²) in [5, 5.41) is 3.82. The number of aromatic amines is 1. The number of hydrogen-bond acceptors (Lipinski definition) is 2. The highest BCUT2D eigenvalue weighted by molar-refractivity contribution is 5.12. The van der Waals surface area contributed by atoms with Crippen molar-refractivity contribution in [3.05, 3.63) is 18.2 Å². The fourth-order valence-corrected chi connectivity index (χ4v) is 4.58. The summed E-state index contributed by atoms with van der Waals surface area (Å²) >= 11 is 0. The summed E-state index contributed by atoms with van der Waals surface area (Å²) in [5.74, 6) is 2.01. The second-order valence-corrected chi connectivity index (χ2v) is 7.09. The summed E-state index contributed by atoms with van der Waals surface area (Å²) in [6, 6.07) is 0.665. The third-order valence-corrected chi connectivity index (χ3v) is 5.53. The van der Waals surface area contributed by atoms with E-state index in [0.29, 0.717) is 16.9 Å². The first kappa shape index (κ1) is 12.2. The van der Waals surface area contributed by atoms with Crippen molar-refractivity contribution >= 4 is 0 Å². The molecule has 2 aliphatic rings. The molecule has 3 nitrogen and oxygen atoms in total. The van der Waals surface area contributed by atoms with Crippen LogP contribution in [0.25, 0.3) is 0 Å². The zero-order valence-corrected chi connectivity index (χ0v) is 11.8. The van der Waals surface area contributed by atoms with Crippen molar-refractivity contribution in [3.63, 3.8) is 0 Å². The van der Waals surface area contributed by atoms with E-state index >= 15 is 0 Å². The maximum absolute atomic E-state index is 4.29. The summed E-state index contributed by atoms with van der Waals surface area (Å²) in [7, 11) is 0. The van der Waals surface area contributed by atoms with Gasteiger partial charge in [-0.2, -0.15) is 0 Å². The van der Waals surface area contributed by atoms with E-state index in [0.717, 1.165) is 24.7 Å². The molecule has 2 fully saturated rings. The molecular weight excluding hydrogens is 222 g/mol. The van der Waals surface area contributed by atoms with Crippen molar-refractivity contribution in [3.8, 4) is 0 Å². The van der Waals surface area contributed by atoms with Crippen LogP contribution in [0.3, 0.4) is 0 Å². The van der Waals surface area contributed by atoms with E-state index < -0.39 is 0 Å². The monoisotopic (exact) mass is 247 g/mol. The standard InChI is InChI=1S/C15H25N3/c1-14(2)11-4-6-15(3,10-11)13(14)18-7-5-12-16-8-9-17-12/h8-9,11,13,18H,4-7,10H2,1-3H3,(H,16,17)/t11-,13?,15+/m0/s1. The molecular formula is C15H25N3. The third-order valence-electron chi connectivity index (χ3n) is 5.53. The number of rotatable bonds is 4. The van der Waals surface area contributed by atoms with Crippen LogP contribution in [0.5, 0.6) is 0 Å². The summed E-state index contributed by atoms with van der Waals surface area (Å²) in [6.45, 7) is 8.41. The third kappa shape index (κ3) is 1.80. The molecule has 1 aromatic heterocycles. The molecule has 0 spiro atoms. The van der Waals surface area contributed by atoms with Crippen LogP contribution >= 0.6 is 0 Å². The van der Waals surface area contributed by atoms with Gasteiger partial charge in [0.15, 0.2) is 0 Å². The molecule has 0 aromatic carbocycles. The molecule has 3 heteroatoms. The van der Waals surface area contributed by atoms with E-state index in [1.165, 1.54) is 19.3 Å². The molecule has 100 valence electrons. The Morgan fingerprint density at radius 1 is 1.44 bits per heavy atom. The van der Waals surface area contributed by atoms with E-state index in [1.807, 2.05) is 12.4 Å². The second-order valence-electron chi connectivity index (χ2n) is 7.09. The minimum absolute atomic E-state index is 0.455. The van der Waals surface area contributed by atoms with Crippen LogP contribution in [0, 0.1) is 16.7 Å². The Morgan fingerprint density at radius 3 is 2.89 bits per heavy atom. The SMILES string of the molecule is CC1(C)C(NCCc2ncc[nH]2)[C@]2(C)CC[C@H]1C2. The Balaban J connectivity index is 1.62. The Morgan fingerprint density at radius 2 is 2.28 bits per heavy atom. The number of nitrogens with one attached hydrogen (secondary N) is 2. The van der Waals surface area contributed by atoms with Crippen molar-refractivity contribution < 1.29 is 0 Å². The molecule has 2 N–H and O–H groups in total. The van der Waals surface area contributed by atoms with Crippen LogP contribution in [0.4, 0.5) is 0 Å². The van der Waals surface area contributed by atoms with E-state index in [4.69, 9.17) is 0 Å². The molecule has 3 rings (SSSR count). The van der Waals surface area contributed by atoms with Gasteiger partial charge in [-0.1, -0.05) is 20.8 Å². The number of fused-ring (bicyclic) bond motifs is 2. The normalized spacial score (nSPS) is 37.3. The van der Waals surface area contributed by atoms with Crippen molar-refractivity contribution in [2.24, 2.45) is 16.7 Å². The summed E-state index contributed by atoms with van der Waals surface area (Å²) in [4.78, 5) is 7.46. The molecule has 1 unspecified atom stereocenters. The van der Waals surface area contributed by atoms with Gasteiger partial charge in [0.25, 0.3) is 0 Å². The van der Waals surface area contributed by atoms with Crippen LogP contribution in [-0.2, 0) is 6.42 Å². The van der Waals surface area contributed by atoms with Crippen LogP contribution < -0.4 is 5.32 Å². The van der Waals surface area contributed by atoms with Gasteiger partial charge in [-0.05, 0) is 36.0 Å². The minimum Gasteiger partial charge on any atom is -0.349 e. The topological polar surface area (TPSA) is 40.7 Å². The van der Waals surface area contributed by atoms with Gasteiger partial charge in [-0.15, -0.1) is 0 Å². The van der Waals surface area contributed by atoms with E-state index in [2.05, 4.69) is 36.1 Å². The first-order valence-corrected chi connectivity index (χ1v) is 7.24. The molecule has 2 bridgehead atoms. The second kappa shape index (κ2) is 4.09. The van der Waals surface area contributed by atoms with Crippen molar-refractivity contribution in [2.75, 3.05) is 6.54 Å². The number of nitrogens with zero attached hydrogens (tertiary/aromatic N) is 1. The number of H-pyrrole nitrogens is 1. The van der Waals surface area contributed by atoms with Crippen LogP contribution in [0.2, 0.25) is 0 Å². The van der Waals surface area contributed by atoms with Gasteiger partial charge in [0.2, 0.25) is 0 Å². The lowest BCUT2D eigenvalue weighted by Gasteiger charge is -2.43. The summed E-state index contributed by atoms with van der Waals surface area (Å²) in [5.41, 5.74) is 0.980. The first-order valence-electron chi connectivity index (χ1n) is 7.24. The highest BCUT2D eigenvalue weighted by Crippen LogP contribution is 2.62. The molecule has 1 aromatic rings. The van der Waals surface area contributed by atoms with Crippen LogP contribution in [0.15, 0.2) is 12.4 Å². The average Bonchev–Trinajstić information content (AvgIpc) is 2.96. The van der Waals surface area contributed by atoms with Crippen LogP contribution in [-0.4, -0.2) is 22.6 Å². The molecule has 18 heavy (non-hydrogen) atoms. The summed E-state index contributed by atoms with van der Waals surface area (Å²) < 4.78 is 0. The van der Waals surface area contributed by atoms with Gasteiger partial charge in [0.1, 0.15) is 5.82 Å². The molecule has 1 heterocycles. The fraction of sp³-hybridized carbons (Fsp3) is 0.800. The van der Waals surface area contributed by atoms with Gasteiger partial charge in [0, 0.05) is 31.4 Å². The van der Waals surface area contributed by atoms with Crippen molar-refractivity contribution in [1.29, 1.82) is 0 Å². The Hall–Kier alpha value is -0.830. The zero-order valence-electron chi connectivity index (χ0n) is 11.8. The van der Waals surface area contributed by atoms with Crippen molar-refractivity contribution in [1.82, 2.24) is 15.3 Å². The molecule has 0 aliphatic heterocycles. The fourth-order valence-electron chi connectivity index (χ4n) is 4.58. The lowest BCUT2D eigenvalue weighted by Crippen LogP contribution is -2.50. The van der Waals surface area contributed by atoms with Gasteiger partial charge in [-0.25, -0.2) is 4.98 Å². The predicted molar refractivity (Wildman–Crippen MR) is 73.3 cm³/mol. The molecule has 2 aliphatic carbocycles. The zero-order chi connectivity index (χ0) is 12.8. The Labute approximate surface area is 110 Å². The van der Waals surface area contributed by atoms with E-state index in [-0.39, 0.29) is 0 Å². The van der Waals surface area contributed by atoms with Crippen LogP contribution in [0.1, 0.15) is 45.9 Å². The summed E-state index contributed by atoms with van der Waals surface area (Å²) in [6.07, 6.45) is 8.98. The van der Waals surface area contributed by atoms with Gasteiger partial charge in [-0.3, -0.25) is 0 Å². The maximum atomic E-state index is 4.29. The highest BCUT2D eigenvalue weighted by atomic mass is 15.0. The van der Waals surface area contributed by atoms with Crippen molar-refractivity contribution in [2.45, 2.75) is 52.5 Å². The first-order chi connectivity index (χ1) is 8.52. The molecule has 0 radical (unpaired) electrons. The predicted octanol–water partition coefficient (Wildman–Crippen LogP) is 2.76. The minimum atomic E-state index is 0.455. The Kier molecular flexibility index (Phi) is 2.77. The number of hydrogen-bond donors (Lipinski definition) is 2. The molecule has 3 atom stereocenters. The number of aromatic nitrogens is 2. The van der Waals surface area contributed by atoms with Gasteiger partial charge in [0.05, 0.1) is 0 Å². The average molecular weight is 247 g/mol. The highest BCUT2D eigenvalue weighted by Gasteiger charge is 2.58. The number of imidazole rings is 1. The maximum Gasteiger partial charge on any atom is 0.107 e. The molecule has 0 saturated heterocycles. The van der Waals surface area contributed by atoms with E-state index in [1.54, 1.807) is 0 Å². The lowest BCUT2D eigenvalue weighted by atomic mass is 9.68. The Bertz CT molecular complexity index is 405. The lowest BCUT2D eigenvalue weighted by molar-refractivity contribution is 0.110. The molecule has 2 saturated carbocycles. The smallest absolute Gasteiger partial charge is 0.107 e. The largest absolute Gasteiger partial charge is 0.349 e. The van der Waals surface area contributed by atoms with Gasteiger partial charge >= 0.3 is 0 Å². The van der Waals surface area contributed by atoms with Gasteiger partial charge < -0.3 is 10.3 Å². The quantitative estimate of drug-likeness (QED) is 0.859. The van der Waals surface area contributed by atoms with E-state index in [9.17, 15) is 0 Å². The molecule has 0 amide bonds.